The molecule has 29 heavy (non-hydrogen) atoms. The Hall–Kier alpha value is -2.67. The zero-order valence-corrected chi connectivity index (χ0v) is 16.7. The molecule has 0 bridgehead atoms. The molecule has 0 radical (unpaired) electrons. The number of hydrogen-bond donors (Lipinski definition) is 2. The summed E-state index contributed by atoms with van der Waals surface area (Å²) in [6.07, 6.45) is 7.45. The van der Waals surface area contributed by atoms with Crippen LogP contribution in [-0.2, 0) is 11.3 Å². The number of benzene rings is 1. The van der Waals surface area contributed by atoms with E-state index in [9.17, 15) is 9.59 Å². The van der Waals surface area contributed by atoms with E-state index in [1.54, 1.807) is 10.9 Å². The molecule has 2 aliphatic rings. The quantitative estimate of drug-likeness (QED) is 0.780. The first-order chi connectivity index (χ1) is 14.2. The monoisotopic (exact) mass is 395 g/mol. The maximum absolute atomic E-state index is 12.9. The zero-order valence-electron chi connectivity index (χ0n) is 16.7. The Kier molecular flexibility index (Phi) is 6.24. The van der Waals surface area contributed by atoms with Gasteiger partial charge in [-0.2, -0.15) is 5.10 Å². The molecule has 2 aliphatic heterocycles. The van der Waals surface area contributed by atoms with Crippen LogP contribution in [0.1, 0.15) is 41.6 Å². The van der Waals surface area contributed by atoms with Gasteiger partial charge in [0.05, 0.1) is 24.3 Å². The molecule has 2 saturated heterocycles. The van der Waals surface area contributed by atoms with Crippen molar-refractivity contribution in [3.8, 4) is 0 Å². The van der Waals surface area contributed by atoms with E-state index in [1.165, 1.54) is 0 Å². The minimum absolute atomic E-state index is 0.0257. The van der Waals surface area contributed by atoms with Gasteiger partial charge in [-0.3, -0.25) is 14.3 Å². The number of rotatable bonds is 6. The molecule has 1 aromatic heterocycles. The summed E-state index contributed by atoms with van der Waals surface area (Å²) < 4.78 is 1.80. The van der Waals surface area contributed by atoms with E-state index in [0.29, 0.717) is 31.1 Å². The van der Waals surface area contributed by atoms with Crippen LogP contribution in [0.5, 0.6) is 0 Å². The van der Waals surface area contributed by atoms with Gasteiger partial charge in [0.15, 0.2) is 0 Å². The predicted octanol–water partition coefficient (Wildman–Crippen LogP) is 1.65. The number of hydrogen-bond acceptors (Lipinski definition) is 4. The third-order valence-electron chi connectivity index (χ3n) is 5.82. The van der Waals surface area contributed by atoms with Crippen LogP contribution in [0.25, 0.3) is 0 Å². The molecule has 7 heteroatoms. The first-order valence-corrected chi connectivity index (χ1v) is 10.6. The standard InChI is InChI=1S/C22H29N5O2/c28-21(20-9-4-10-23-20)24-12-18-8-5-11-26(14-18)22(29)19-13-25-27(16-19)15-17-6-2-1-3-7-17/h1-3,6-7,13,16,18,20,23H,4-5,8-12,14-15H2,(H,24,28). The number of carbonyl (C=O) groups excluding carboxylic acids is 2. The molecular formula is C22H29N5O2. The van der Waals surface area contributed by atoms with Gasteiger partial charge in [-0.1, -0.05) is 30.3 Å². The number of nitrogens with one attached hydrogen (secondary N) is 2. The van der Waals surface area contributed by atoms with E-state index >= 15 is 0 Å². The van der Waals surface area contributed by atoms with Crippen molar-refractivity contribution in [1.29, 1.82) is 0 Å². The first kappa shape index (κ1) is 19.6. The lowest BCUT2D eigenvalue weighted by atomic mass is 9.97. The molecule has 2 fully saturated rings. The van der Waals surface area contributed by atoms with Crippen LogP contribution in [0.4, 0.5) is 0 Å². The van der Waals surface area contributed by atoms with Crippen LogP contribution in [0.15, 0.2) is 42.7 Å². The Balaban J connectivity index is 1.30. The molecule has 154 valence electrons. The van der Waals surface area contributed by atoms with Gasteiger partial charge in [-0.15, -0.1) is 0 Å². The van der Waals surface area contributed by atoms with Gasteiger partial charge in [0.1, 0.15) is 0 Å². The number of likely N-dealkylation sites (tertiary alicyclic amines) is 1. The molecule has 2 amide bonds. The lowest BCUT2D eigenvalue weighted by Gasteiger charge is -2.32. The molecule has 0 aliphatic carbocycles. The minimum Gasteiger partial charge on any atom is -0.354 e. The molecule has 0 saturated carbocycles. The smallest absolute Gasteiger partial charge is 0.257 e. The Bertz CT molecular complexity index is 829. The normalized spacial score (nSPS) is 21.9. The van der Waals surface area contributed by atoms with Crippen molar-refractivity contribution in [2.75, 3.05) is 26.2 Å². The van der Waals surface area contributed by atoms with E-state index in [4.69, 9.17) is 0 Å². The number of nitrogens with zero attached hydrogens (tertiary/aromatic N) is 3. The molecule has 2 aromatic rings. The van der Waals surface area contributed by atoms with Gasteiger partial charge in [-0.25, -0.2) is 0 Å². The lowest BCUT2D eigenvalue weighted by Crippen LogP contribution is -2.46. The summed E-state index contributed by atoms with van der Waals surface area (Å²) >= 11 is 0. The summed E-state index contributed by atoms with van der Waals surface area (Å²) in [5, 5.41) is 10.7. The third-order valence-corrected chi connectivity index (χ3v) is 5.82. The van der Waals surface area contributed by atoms with Crippen molar-refractivity contribution in [1.82, 2.24) is 25.3 Å². The lowest BCUT2D eigenvalue weighted by molar-refractivity contribution is -0.123. The minimum atomic E-state index is -0.0493. The van der Waals surface area contributed by atoms with Gasteiger partial charge in [0.2, 0.25) is 5.91 Å². The maximum Gasteiger partial charge on any atom is 0.257 e. The predicted molar refractivity (Wildman–Crippen MR) is 110 cm³/mol. The number of carbonyl (C=O) groups is 2. The Morgan fingerprint density at radius 3 is 2.83 bits per heavy atom. The van der Waals surface area contributed by atoms with Crippen molar-refractivity contribution in [3.05, 3.63) is 53.9 Å². The fourth-order valence-electron chi connectivity index (χ4n) is 4.21. The Labute approximate surface area is 171 Å². The second kappa shape index (κ2) is 9.22. The average molecular weight is 396 g/mol. The highest BCUT2D eigenvalue weighted by molar-refractivity contribution is 5.93. The van der Waals surface area contributed by atoms with Crippen molar-refractivity contribution >= 4 is 11.8 Å². The summed E-state index contributed by atoms with van der Waals surface area (Å²) in [7, 11) is 0. The van der Waals surface area contributed by atoms with Crippen molar-refractivity contribution in [2.45, 2.75) is 38.3 Å². The van der Waals surface area contributed by atoms with Gasteiger partial charge < -0.3 is 15.5 Å². The van der Waals surface area contributed by atoms with Crippen LogP contribution < -0.4 is 10.6 Å². The molecule has 0 spiro atoms. The molecule has 3 heterocycles. The average Bonchev–Trinajstić information content (AvgIpc) is 3.45. The largest absolute Gasteiger partial charge is 0.354 e. The molecular weight excluding hydrogens is 366 g/mol. The van der Waals surface area contributed by atoms with Crippen LogP contribution >= 0.6 is 0 Å². The highest BCUT2D eigenvalue weighted by Crippen LogP contribution is 2.18. The Morgan fingerprint density at radius 1 is 1.17 bits per heavy atom. The zero-order chi connectivity index (χ0) is 20.1. The van der Waals surface area contributed by atoms with E-state index in [2.05, 4.69) is 15.7 Å². The molecule has 2 unspecified atom stereocenters. The van der Waals surface area contributed by atoms with Gasteiger partial charge in [0.25, 0.3) is 5.91 Å². The number of piperidine rings is 1. The number of aromatic nitrogens is 2. The molecule has 2 N–H and O–H groups in total. The summed E-state index contributed by atoms with van der Waals surface area (Å²) in [6, 6.07) is 10.0. The molecule has 1 aromatic carbocycles. The van der Waals surface area contributed by atoms with E-state index < -0.39 is 0 Å². The highest BCUT2D eigenvalue weighted by Gasteiger charge is 2.27. The summed E-state index contributed by atoms with van der Waals surface area (Å²) in [4.78, 5) is 27.0. The van der Waals surface area contributed by atoms with Crippen molar-refractivity contribution < 1.29 is 9.59 Å². The third kappa shape index (κ3) is 5.03. The molecule has 7 nitrogen and oxygen atoms in total. The van der Waals surface area contributed by atoms with E-state index in [1.807, 2.05) is 41.4 Å². The number of amides is 2. The summed E-state index contributed by atoms with van der Waals surface area (Å²) in [6.45, 7) is 3.65. The summed E-state index contributed by atoms with van der Waals surface area (Å²) in [5.41, 5.74) is 1.78. The second-order valence-electron chi connectivity index (χ2n) is 8.07. The topological polar surface area (TPSA) is 79.3 Å². The van der Waals surface area contributed by atoms with E-state index in [-0.39, 0.29) is 17.9 Å². The van der Waals surface area contributed by atoms with Crippen LogP contribution in [-0.4, -0.2) is 58.7 Å². The van der Waals surface area contributed by atoms with Crippen molar-refractivity contribution in [3.63, 3.8) is 0 Å². The van der Waals surface area contributed by atoms with Crippen molar-refractivity contribution in [2.24, 2.45) is 5.92 Å². The Morgan fingerprint density at radius 2 is 2.03 bits per heavy atom. The second-order valence-corrected chi connectivity index (χ2v) is 8.07. The SMILES string of the molecule is O=C(NCC1CCCN(C(=O)c2cnn(Cc3ccccc3)c2)C1)C1CCCN1. The molecule has 4 rings (SSSR count). The van der Waals surface area contributed by atoms with E-state index in [0.717, 1.165) is 44.3 Å². The molecule has 2 atom stereocenters. The highest BCUT2D eigenvalue weighted by atomic mass is 16.2. The fraction of sp³-hybridized carbons (Fsp3) is 0.500. The first-order valence-electron chi connectivity index (χ1n) is 10.6. The van der Waals surface area contributed by atoms with Gasteiger partial charge >= 0.3 is 0 Å². The van der Waals surface area contributed by atoms with Crippen LogP contribution in [0, 0.1) is 5.92 Å². The fourth-order valence-corrected chi connectivity index (χ4v) is 4.21. The van der Waals surface area contributed by atoms with Gasteiger partial charge in [0, 0.05) is 25.8 Å². The maximum atomic E-state index is 12.9. The van der Waals surface area contributed by atoms with Gasteiger partial charge in [-0.05, 0) is 43.7 Å². The van der Waals surface area contributed by atoms with Crippen LogP contribution in [0.2, 0.25) is 0 Å². The summed E-state index contributed by atoms with van der Waals surface area (Å²) in [5.74, 6) is 0.420. The van der Waals surface area contributed by atoms with Crippen LogP contribution in [0.3, 0.4) is 0 Å².